The summed E-state index contributed by atoms with van der Waals surface area (Å²) in [4.78, 5) is 11.6. The number of para-hydroxylation sites is 1. The Labute approximate surface area is 160 Å². The van der Waals surface area contributed by atoms with Crippen molar-refractivity contribution in [3.8, 4) is 11.5 Å². The van der Waals surface area contributed by atoms with Gasteiger partial charge in [0.1, 0.15) is 11.5 Å². The quantitative estimate of drug-likeness (QED) is 0.684. The molecule has 2 aromatic rings. The molecular formula is C16H13KO3. The smallest absolute Gasteiger partial charge is 0.549 e. The predicted molar refractivity (Wildman–Crippen MR) is 69.2 cm³/mol. The van der Waals surface area contributed by atoms with Crippen LogP contribution in [0.3, 0.4) is 0 Å². The van der Waals surface area contributed by atoms with Gasteiger partial charge in [-0.25, -0.2) is 0 Å². The number of carbonyl (C=O) groups excluding carboxylic acids is 1. The van der Waals surface area contributed by atoms with Gasteiger partial charge in [0, 0.05) is 11.1 Å². The molecule has 96 valence electrons. The third-order valence-corrected chi connectivity index (χ3v) is 3.51. The molecule has 0 aliphatic carbocycles. The molecule has 2 aromatic carbocycles. The number of aryl methyl sites for hydroxylation is 1. The molecule has 0 radical (unpaired) electrons. The Balaban J connectivity index is 0.00000147. The molecule has 0 saturated heterocycles. The summed E-state index contributed by atoms with van der Waals surface area (Å²) in [5.74, 6) is -0.626. The molecule has 1 atom stereocenters. The van der Waals surface area contributed by atoms with E-state index in [2.05, 4.69) is 0 Å². The van der Waals surface area contributed by atoms with Crippen molar-refractivity contribution in [1.82, 2.24) is 0 Å². The largest absolute Gasteiger partial charge is 1.00 e. The second-order valence-corrected chi connectivity index (χ2v) is 4.57. The number of benzene rings is 2. The number of fused-ring (bicyclic) bond motifs is 2. The van der Waals surface area contributed by atoms with Crippen LogP contribution in [0, 0.1) is 0 Å². The van der Waals surface area contributed by atoms with Crippen molar-refractivity contribution in [3.05, 3.63) is 59.2 Å². The summed E-state index contributed by atoms with van der Waals surface area (Å²) in [6.07, 6.45) is 0.762. The molecule has 0 bridgehead atoms. The van der Waals surface area contributed by atoms with E-state index in [9.17, 15) is 9.90 Å². The number of carboxylic acid groups (broad SMARTS) is 1. The summed E-state index contributed by atoms with van der Waals surface area (Å²) in [6.45, 7) is 2.00. The number of ether oxygens (including phenoxy) is 1. The summed E-state index contributed by atoms with van der Waals surface area (Å²) >= 11 is 0. The first-order chi connectivity index (χ1) is 9.22. The van der Waals surface area contributed by atoms with Gasteiger partial charge in [-0.05, 0) is 24.1 Å². The SMILES string of the molecule is CCc1cccc2c1C(C(=O)[O-])c1ccccc1O2.[K+]. The molecule has 1 aliphatic heterocycles. The fourth-order valence-corrected chi connectivity index (χ4v) is 2.65. The van der Waals surface area contributed by atoms with Crippen LogP contribution in [0.15, 0.2) is 42.5 Å². The van der Waals surface area contributed by atoms with E-state index in [0.717, 1.165) is 17.5 Å². The first-order valence-electron chi connectivity index (χ1n) is 6.31. The first kappa shape index (κ1) is 15.7. The maximum atomic E-state index is 11.6. The first-order valence-corrected chi connectivity index (χ1v) is 6.31. The fraction of sp³-hybridized carbons (Fsp3) is 0.188. The van der Waals surface area contributed by atoms with E-state index >= 15 is 0 Å². The Hall–Kier alpha value is -0.654. The van der Waals surface area contributed by atoms with Crippen LogP contribution in [-0.4, -0.2) is 5.97 Å². The Bertz CT molecular complexity index is 652. The number of carbonyl (C=O) groups is 1. The average molecular weight is 292 g/mol. The van der Waals surface area contributed by atoms with Crippen molar-refractivity contribution in [2.45, 2.75) is 19.3 Å². The predicted octanol–water partition coefficient (Wildman–Crippen LogP) is -0.759. The molecule has 1 heterocycles. The third-order valence-electron chi connectivity index (χ3n) is 3.51. The van der Waals surface area contributed by atoms with E-state index in [0.29, 0.717) is 17.1 Å². The Morgan fingerprint density at radius 2 is 1.85 bits per heavy atom. The van der Waals surface area contributed by atoms with Gasteiger partial charge in [-0.3, -0.25) is 0 Å². The van der Waals surface area contributed by atoms with Crippen LogP contribution < -0.4 is 61.2 Å². The van der Waals surface area contributed by atoms with Gasteiger partial charge in [-0.2, -0.15) is 0 Å². The van der Waals surface area contributed by atoms with Gasteiger partial charge in [0.25, 0.3) is 0 Å². The minimum absolute atomic E-state index is 0. The fourth-order valence-electron chi connectivity index (χ4n) is 2.65. The standard InChI is InChI=1S/C16H14O3.K/c1-2-10-6-5-9-13-14(10)15(16(17)18)11-7-3-4-8-12(11)19-13;/h3-9,15H,2H2,1H3,(H,17,18);/q;+1/p-1. The molecule has 4 heteroatoms. The van der Waals surface area contributed by atoms with E-state index in [-0.39, 0.29) is 51.4 Å². The number of rotatable bonds is 2. The number of aliphatic carboxylic acids is 1. The van der Waals surface area contributed by atoms with Crippen molar-refractivity contribution >= 4 is 5.97 Å². The summed E-state index contributed by atoms with van der Waals surface area (Å²) in [5.41, 5.74) is 2.38. The van der Waals surface area contributed by atoms with E-state index in [1.807, 2.05) is 31.2 Å². The number of carboxylic acids is 1. The van der Waals surface area contributed by atoms with Crippen LogP contribution in [-0.2, 0) is 11.2 Å². The van der Waals surface area contributed by atoms with Crippen LogP contribution in [0.2, 0.25) is 0 Å². The van der Waals surface area contributed by atoms with E-state index in [1.165, 1.54) is 0 Å². The summed E-state index contributed by atoms with van der Waals surface area (Å²) in [6, 6.07) is 12.8. The third kappa shape index (κ3) is 2.58. The molecule has 0 amide bonds. The van der Waals surface area contributed by atoms with Gasteiger partial charge in [0.15, 0.2) is 0 Å². The van der Waals surface area contributed by atoms with Gasteiger partial charge >= 0.3 is 51.4 Å². The minimum atomic E-state index is -1.09. The Morgan fingerprint density at radius 3 is 2.55 bits per heavy atom. The average Bonchev–Trinajstić information content (AvgIpc) is 2.43. The van der Waals surface area contributed by atoms with E-state index < -0.39 is 11.9 Å². The molecule has 1 unspecified atom stereocenters. The molecule has 0 spiro atoms. The summed E-state index contributed by atoms with van der Waals surface area (Å²) in [7, 11) is 0. The van der Waals surface area contributed by atoms with Gasteiger partial charge in [-0.15, -0.1) is 0 Å². The zero-order chi connectivity index (χ0) is 13.4. The van der Waals surface area contributed by atoms with Crippen molar-refractivity contribution in [3.63, 3.8) is 0 Å². The van der Waals surface area contributed by atoms with Crippen LogP contribution in [0.4, 0.5) is 0 Å². The van der Waals surface area contributed by atoms with Crippen molar-refractivity contribution in [1.29, 1.82) is 0 Å². The normalized spacial score (nSPS) is 15.3. The van der Waals surface area contributed by atoms with Crippen LogP contribution in [0.5, 0.6) is 11.5 Å². The van der Waals surface area contributed by atoms with Crippen LogP contribution >= 0.6 is 0 Å². The molecule has 20 heavy (non-hydrogen) atoms. The van der Waals surface area contributed by atoms with Crippen molar-refractivity contribution in [2.24, 2.45) is 0 Å². The number of hydrogen-bond acceptors (Lipinski definition) is 3. The maximum absolute atomic E-state index is 11.6. The Kier molecular flexibility index (Phi) is 5.04. The number of hydrogen-bond donors (Lipinski definition) is 0. The van der Waals surface area contributed by atoms with Gasteiger partial charge < -0.3 is 14.6 Å². The molecule has 1 aliphatic rings. The minimum Gasteiger partial charge on any atom is -0.549 e. The van der Waals surface area contributed by atoms with Crippen molar-refractivity contribution < 1.29 is 66.0 Å². The van der Waals surface area contributed by atoms with Crippen LogP contribution in [0.1, 0.15) is 29.5 Å². The monoisotopic (exact) mass is 292 g/mol. The molecule has 0 saturated carbocycles. The van der Waals surface area contributed by atoms with Crippen LogP contribution in [0.25, 0.3) is 0 Å². The topological polar surface area (TPSA) is 49.4 Å². The van der Waals surface area contributed by atoms with E-state index in [4.69, 9.17) is 4.74 Å². The van der Waals surface area contributed by atoms with Crippen molar-refractivity contribution in [2.75, 3.05) is 0 Å². The van der Waals surface area contributed by atoms with Gasteiger partial charge in [0.2, 0.25) is 0 Å². The summed E-state index contributed by atoms with van der Waals surface area (Å²) < 4.78 is 5.81. The van der Waals surface area contributed by atoms with Gasteiger partial charge in [0.05, 0.1) is 11.9 Å². The molecule has 0 N–H and O–H groups in total. The summed E-state index contributed by atoms with van der Waals surface area (Å²) in [5, 5.41) is 11.6. The van der Waals surface area contributed by atoms with Gasteiger partial charge in [-0.1, -0.05) is 37.3 Å². The molecule has 3 nitrogen and oxygen atoms in total. The maximum Gasteiger partial charge on any atom is 1.00 e. The molecular weight excluding hydrogens is 279 g/mol. The second-order valence-electron chi connectivity index (χ2n) is 4.57. The zero-order valence-corrected chi connectivity index (χ0v) is 14.7. The van der Waals surface area contributed by atoms with E-state index in [1.54, 1.807) is 18.2 Å². The second kappa shape index (κ2) is 6.41. The molecule has 0 aromatic heterocycles. The Morgan fingerprint density at radius 1 is 1.15 bits per heavy atom. The molecule has 3 rings (SSSR count). The molecule has 0 fully saturated rings. The zero-order valence-electron chi connectivity index (χ0n) is 11.6.